The highest BCUT2D eigenvalue weighted by Crippen LogP contribution is 2.30. The van der Waals surface area contributed by atoms with E-state index in [0.29, 0.717) is 16.5 Å². The zero-order chi connectivity index (χ0) is 12.4. The molecule has 1 atom stereocenters. The summed E-state index contributed by atoms with van der Waals surface area (Å²) in [6.07, 6.45) is 1.50. The molecule has 0 aliphatic rings. The van der Waals surface area contributed by atoms with Crippen LogP contribution < -0.4 is 0 Å². The number of hydrogen-bond donors (Lipinski definition) is 0. The maximum Gasteiger partial charge on any atom is 0.133 e. The van der Waals surface area contributed by atoms with Crippen molar-refractivity contribution in [2.45, 2.75) is 11.2 Å². The van der Waals surface area contributed by atoms with Crippen LogP contribution in [0.25, 0.3) is 10.8 Å². The van der Waals surface area contributed by atoms with Gasteiger partial charge in [0, 0.05) is 15.4 Å². The Morgan fingerprint density at radius 3 is 2.71 bits per heavy atom. The quantitative estimate of drug-likeness (QED) is 0.591. The Bertz CT molecular complexity index is 569. The first-order valence-electron chi connectivity index (χ1n) is 5.08. The SMILES string of the molecule is O=CC(Br)Cc1cccc2c(Cl)cc(Cl)cc12. The molecule has 88 valence electrons. The van der Waals surface area contributed by atoms with Crippen molar-refractivity contribution in [3.8, 4) is 0 Å². The van der Waals surface area contributed by atoms with Gasteiger partial charge in [0.1, 0.15) is 6.29 Å². The number of rotatable bonds is 3. The lowest BCUT2D eigenvalue weighted by Gasteiger charge is -2.09. The predicted octanol–water partition coefficient (Wildman–Crippen LogP) is 4.65. The van der Waals surface area contributed by atoms with Crippen LogP contribution in [0.4, 0.5) is 0 Å². The van der Waals surface area contributed by atoms with Crippen molar-refractivity contribution < 1.29 is 4.79 Å². The van der Waals surface area contributed by atoms with Gasteiger partial charge in [-0.1, -0.05) is 57.3 Å². The normalized spacial score (nSPS) is 12.6. The van der Waals surface area contributed by atoms with Crippen molar-refractivity contribution >= 4 is 56.2 Å². The minimum Gasteiger partial charge on any atom is -0.302 e. The molecule has 0 amide bonds. The third kappa shape index (κ3) is 2.82. The molecule has 2 aromatic rings. The summed E-state index contributed by atoms with van der Waals surface area (Å²) in [7, 11) is 0. The van der Waals surface area contributed by atoms with Gasteiger partial charge in [-0.2, -0.15) is 0 Å². The van der Waals surface area contributed by atoms with Crippen molar-refractivity contribution in [2.75, 3.05) is 0 Å². The molecule has 0 heterocycles. The summed E-state index contributed by atoms with van der Waals surface area (Å²) in [4.78, 5) is 10.5. The van der Waals surface area contributed by atoms with Gasteiger partial charge in [-0.15, -0.1) is 0 Å². The van der Waals surface area contributed by atoms with Crippen LogP contribution >= 0.6 is 39.1 Å². The third-order valence-corrected chi connectivity index (χ3v) is 3.63. The molecule has 0 N–H and O–H groups in total. The number of hydrogen-bond acceptors (Lipinski definition) is 1. The lowest BCUT2D eigenvalue weighted by Crippen LogP contribution is -2.04. The molecule has 0 saturated heterocycles. The molecule has 4 heteroatoms. The van der Waals surface area contributed by atoms with Gasteiger partial charge in [0.25, 0.3) is 0 Å². The van der Waals surface area contributed by atoms with Gasteiger partial charge >= 0.3 is 0 Å². The van der Waals surface area contributed by atoms with Gasteiger partial charge in [-0.05, 0) is 29.5 Å². The molecule has 0 aliphatic heterocycles. The van der Waals surface area contributed by atoms with Crippen molar-refractivity contribution in [3.05, 3.63) is 45.9 Å². The zero-order valence-corrected chi connectivity index (χ0v) is 11.9. The third-order valence-electron chi connectivity index (χ3n) is 2.56. The van der Waals surface area contributed by atoms with Crippen LogP contribution in [0, 0.1) is 0 Å². The molecule has 0 aromatic heterocycles. The van der Waals surface area contributed by atoms with Crippen LogP contribution in [-0.2, 0) is 11.2 Å². The van der Waals surface area contributed by atoms with Crippen LogP contribution in [0.1, 0.15) is 5.56 Å². The summed E-state index contributed by atoms with van der Waals surface area (Å²) < 4.78 is 0. The number of alkyl halides is 1. The van der Waals surface area contributed by atoms with E-state index in [-0.39, 0.29) is 4.83 Å². The fraction of sp³-hybridized carbons (Fsp3) is 0.154. The molecule has 0 radical (unpaired) electrons. The van der Waals surface area contributed by atoms with Crippen molar-refractivity contribution in [1.82, 2.24) is 0 Å². The van der Waals surface area contributed by atoms with E-state index >= 15 is 0 Å². The van der Waals surface area contributed by atoms with Crippen molar-refractivity contribution in [3.63, 3.8) is 0 Å². The highest BCUT2D eigenvalue weighted by Gasteiger charge is 2.09. The van der Waals surface area contributed by atoms with Gasteiger partial charge in [0.05, 0.1) is 4.83 Å². The molecule has 1 unspecified atom stereocenters. The minimum absolute atomic E-state index is 0.189. The maximum atomic E-state index is 10.7. The topological polar surface area (TPSA) is 17.1 Å². The molecule has 0 saturated carbocycles. The molecule has 0 fully saturated rings. The van der Waals surface area contributed by atoms with E-state index in [2.05, 4.69) is 15.9 Å². The molecular weight excluding hydrogens is 323 g/mol. The second-order valence-electron chi connectivity index (χ2n) is 3.76. The summed E-state index contributed by atoms with van der Waals surface area (Å²) in [5.41, 5.74) is 1.06. The average Bonchev–Trinajstić information content (AvgIpc) is 2.30. The first-order valence-corrected chi connectivity index (χ1v) is 6.75. The molecule has 2 rings (SSSR count). The van der Waals surface area contributed by atoms with E-state index in [1.54, 1.807) is 6.07 Å². The highest BCUT2D eigenvalue weighted by atomic mass is 79.9. The minimum atomic E-state index is -0.189. The van der Waals surface area contributed by atoms with E-state index in [1.165, 1.54) is 0 Å². The fourth-order valence-corrected chi connectivity index (χ4v) is 2.71. The number of aldehydes is 1. The Morgan fingerprint density at radius 1 is 1.24 bits per heavy atom. The van der Waals surface area contributed by atoms with Gasteiger partial charge in [-0.3, -0.25) is 0 Å². The van der Waals surface area contributed by atoms with E-state index in [0.717, 1.165) is 22.6 Å². The molecule has 17 heavy (non-hydrogen) atoms. The van der Waals surface area contributed by atoms with E-state index < -0.39 is 0 Å². The Morgan fingerprint density at radius 2 is 2.00 bits per heavy atom. The zero-order valence-electron chi connectivity index (χ0n) is 8.79. The van der Waals surface area contributed by atoms with E-state index in [4.69, 9.17) is 23.2 Å². The summed E-state index contributed by atoms with van der Waals surface area (Å²) in [6.45, 7) is 0. The van der Waals surface area contributed by atoms with Crippen molar-refractivity contribution in [2.24, 2.45) is 0 Å². The first kappa shape index (κ1) is 12.9. The Kier molecular flexibility index (Phi) is 4.08. The first-order chi connectivity index (χ1) is 8.11. The smallest absolute Gasteiger partial charge is 0.133 e. The second-order valence-corrected chi connectivity index (χ2v) is 5.78. The Hall–Kier alpha value is -0.570. The van der Waals surface area contributed by atoms with E-state index in [1.807, 2.05) is 24.3 Å². The predicted molar refractivity (Wildman–Crippen MR) is 76.5 cm³/mol. The monoisotopic (exact) mass is 330 g/mol. The van der Waals surface area contributed by atoms with Crippen molar-refractivity contribution in [1.29, 1.82) is 0 Å². The number of carbonyl (C=O) groups is 1. The number of benzene rings is 2. The van der Waals surface area contributed by atoms with Gasteiger partial charge in [0.15, 0.2) is 0 Å². The maximum absolute atomic E-state index is 10.7. The second kappa shape index (κ2) is 5.38. The standard InChI is InChI=1S/C13H9BrCl2O/c14-9(7-17)4-8-2-1-3-11-12(8)5-10(15)6-13(11)16/h1-3,5-7,9H,4H2. The highest BCUT2D eigenvalue weighted by molar-refractivity contribution is 9.09. The summed E-state index contributed by atoms with van der Waals surface area (Å²) >= 11 is 15.4. The summed E-state index contributed by atoms with van der Waals surface area (Å²) in [5.74, 6) is 0. The Balaban J connectivity index is 2.60. The van der Waals surface area contributed by atoms with Crippen LogP contribution in [0.3, 0.4) is 0 Å². The largest absolute Gasteiger partial charge is 0.302 e. The lowest BCUT2D eigenvalue weighted by atomic mass is 10.0. The molecule has 0 aliphatic carbocycles. The Labute approximate surface area is 118 Å². The molecule has 0 bridgehead atoms. The molecular formula is C13H9BrCl2O. The number of halogens is 3. The lowest BCUT2D eigenvalue weighted by molar-refractivity contribution is -0.107. The van der Waals surface area contributed by atoms with E-state index in [9.17, 15) is 4.79 Å². The van der Waals surface area contributed by atoms with Gasteiger partial charge in [0.2, 0.25) is 0 Å². The molecule has 0 spiro atoms. The average molecular weight is 332 g/mol. The molecule has 1 nitrogen and oxygen atoms in total. The van der Waals surface area contributed by atoms with Crippen LogP contribution in [0.15, 0.2) is 30.3 Å². The molecule has 2 aromatic carbocycles. The number of fused-ring (bicyclic) bond motifs is 1. The number of carbonyl (C=O) groups excluding carboxylic acids is 1. The van der Waals surface area contributed by atoms with Gasteiger partial charge in [-0.25, -0.2) is 0 Å². The van der Waals surface area contributed by atoms with Crippen LogP contribution in [0.5, 0.6) is 0 Å². The van der Waals surface area contributed by atoms with Gasteiger partial charge < -0.3 is 4.79 Å². The summed E-state index contributed by atoms with van der Waals surface area (Å²) in [6, 6.07) is 9.46. The fourth-order valence-electron chi connectivity index (χ4n) is 1.81. The summed E-state index contributed by atoms with van der Waals surface area (Å²) in [5, 5.41) is 3.19. The van der Waals surface area contributed by atoms with Crippen LogP contribution in [0.2, 0.25) is 10.0 Å². The van der Waals surface area contributed by atoms with Crippen LogP contribution in [-0.4, -0.2) is 11.1 Å².